The minimum Gasteiger partial charge on any atom is -0.508 e. The van der Waals surface area contributed by atoms with Crippen LogP contribution in [-0.2, 0) is 6.54 Å². The van der Waals surface area contributed by atoms with E-state index in [4.69, 9.17) is 15.2 Å². The first-order chi connectivity index (χ1) is 20.9. The predicted octanol–water partition coefficient (Wildman–Crippen LogP) is 4.77. The number of hydrogen-bond acceptors (Lipinski definition) is 10. The van der Waals surface area contributed by atoms with Crippen LogP contribution in [0.15, 0.2) is 70.1 Å². The van der Waals surface area contributed by atoms with Gasteiger partial charge in [-0.2, -0.15) is 5.10 Å². The van der Waals surface area contributed by atoms with Crippen molar-refractivity contribution in [1.29, 1.82) is 0 Å². The summed E-state index contributed by atoms with van der Waals surface area (Å²) in [7, 11) is 0. The van der Waals surface area contributed by atoms with Gasteiger partial charge in [-0.15, -0.1) is 11.3 Å². The van der Waals surface area contributed by atoms with Crippen molar-refractivity contribution in [2.45, 2.75) is 19.5 Å². The first-order valence-electron chi connectivity index (χ1n) is 13.9. The first kappa shape index (κ1) is 27.2. The van der Waals surface area contributed by atoms with E-state index in [2.05, 4.69) is 32.3 Å². The Hall–Kier alpha value is -4.65. The summed E-state index contributed by atoms with van der Waals surface area (Å²) in [6.45, 7) is 6.62. The van der Waals surface area contributed by atoms with E-state index in [1.54, 1.807) is 22.1 Å². The SMILES string of the molecule is CC(c1oc(=O)c2ccccc2c1-c1ccc(CN2CCNCC2)s1)n1nc(-c2cc(O)cc(F)c2)c2c(N)ncnc21. The number of piperazine rings is 1. The number of nitrogens with two attached hydrogens (primary N) is 1. The van der Waals surface area contributed by atoms with E-state index in [9.17, 15) is 14.3 Å². The van der Waals surface area contributed by atoms with Gasteiger partial charge in [0.15, 0.2) is 5.65 Å². The first-order valence-corrected chi connectivity index (χ1v) is 14.8. The number of nitrogen functional groups attached to an aromatic ring is 1. The maximum absolute atomic E-state index is 14.3. The fourth-order valence-corrected chi connectivity index (χ4v) is 6.86. The van der Waals surface area contributed by atoms with Crippen molar-refractivity contribution in [3.63, 3.8) is 0 Å². The van der Waals surface area contributed by atoms with Crippen molar-refractivity contribution in [1.82, 2.24) is 30.0 Å². The summed E-state index contributed by atoms with van der Waals surface area (Å²) in [5.41, 5.74) is 7.62. The predicted molar refractivity (Wildman–Crippen MR) is 165 cm³/mol. The van der Waals surface area contributed by atoms with Gasteiger partial charge in [0.05, 0.1) is 10.8 Å². The third kappa shape index (κ3) is 4.92. The molecule has 0 saturated carbocycles. The van der Waals surface area contributed by atoms with Crippen LogP contribution in [0, 0.1) is 5.82 Å². The molecule has 5 heterocycles. The van der Waals surface area contributed by atoms with E-state index in [0.717, 1.165) is 54.6 Å². The minimum atomic E-state index is -0.627. The van der Waals surface area contributed by atoms with E-state index in [1.165, 1.54) is 23.3 Å². The molecule has 6 aromatic rings. The lowest BCUT2D eigenvalue weighted by Crippen LogP contribution is -2.42. The summed E-state index contributed by atoms with van der Waals surface area (Å²) in [4.78, 5) is 26.5. The fraction of sp³-hybridized carbons (Fsp3) is 0.226. The molecule has 4 N–H and O–H groups in total. The molecule has 7 rings (SSSR count). The number of anilines is 1. The van der Waals surface area contributed by atoms with Gasteiger partial charge in [0.2, 0.25) is 0 Å². The Morgan fingerprint density at radius 3 is 2.70 bits per heavy atom. The maximum Gasteiger partial charge on any atom is 0.343 e. The number of phenolic OH excluding ortho intramolecular Hbond substituents is 1. The summed E-state index contributed by atoms with van der Waals surface area (Å²) < 4.78 is 22.0. The number of hydrogen-bond donors (Lipinski definition) is 3. The number of fused-ring (bicyclic) bond motifs is 2. The average Bonchev–Trinajstić information content (AvgIpc) is 3.62. The molecule has 1 aliphatic heterocycles. The monoisotopic (exact) mass is 597 g/mol. The molecule has 2 aromatic carbocycles. The van der Waals surface area contributed by atoms with E-state index in [-0.39, 0.29) is 11.6 Å². The molecule has 1 fully saturated rings. The van der Waals surface area contributed by atoms with E-state index < -0.39 is 17.5 Å². The zero-order valence-electron chi connectivity index (χ0n) is 23.2. The second kappa shape index (κ2) is 10.9. The van der Waals surface area contributed by atoms with Crippen LogP contribution in [0.1, 0.15) is 23.6 Å². The second-order valence-corrected chi connectivity index (χ2v) is 11.8. The summed E-state index contributed by atoms with van der Waals surface area (Å²) in [5, 5.41) is 19.9. The highest BCUT2D eigenvalue weighted by molar-refractivity contribution is 7.15. The molecular weight excluding hydrogens is 569 g/mol. The van der Waals surface area contributed by atoms with E-state index in [1.807, 2.05) is 25.1 Å². The molecule has 0 spiro atoms. The van der Waals surface area contributed by atoms with Crippen molar-refractivity contribution in [2.75, 3.05) is 31.9 Å². The van der Waals surface area contributed by atoms with Gasteiger partial charge in [-0.3, -0.25) is 4.90 Å². The Labute approximate surface area is 249 Å². The van der Waals surface area contributed by atoms with Crippen molar-refractivity contribution < 1.29 is 13.9 Å². The summed E-state index contributed by atoms with van der Waals surface area (Å²) >= 11 is 1.67. The molecule has 0 aliphatic carbocycles. The minimum absolute atomic E-state index is 0.151. The van der Waals surface area contributed by atoms with Crippen LogP contribution in [0.5, 0.6) is 5.75 Å². The van der Waals surface area contributed by atoms with Crippen molar-refractivity contribution in [3.05, 3.63) is 87.8 Å². The van der Waals surface area contributed by atoms with E-state index >= 15 is 0 Å². The number of rotatable bonds is 6. The molecule has 1 aliphatic rings. The van der Waals surface area contributed by atoms with Crippen LogP contribution >= 0.6 is 11.3 Å². The molecule has 218 valence electrons. The molecular formula is C31H28FN7O3S. The number of aromatic nitrogens is 4. The van der Waals surface area contributed by atoms with Crippen LogP contribution < -0.4 is 16.7 Å². The summed E-state index contributed by atoms with van der Waals surface area (Å²) in [6, 6.07) is 14.7. The number of nitrogens with zero attached hydrogens (tertiary/aromatic N) is 5. The zero-order valence-corrected chi connectivity index (χ0v) is 24.1. The Morgan fingerprint density at radius 2 is 1.91 bits per heavy atom. The lowest BCUT2D eigenvalue weighted by atomic mass is 10.0. The lowest BCUT2D eigenvalue weighted by molar-refractivity contribution is 0.235. The smallest absolute Gasteiger partial charge is 0.343 e. The lowest BCUT2D eigenvalue weighted by Gasteiger charge is -2.26. The normalized spacial score (nSPS) is 14.9. The van der Waals surface area contributed by atoms with Crippen LogP contribution in [0.25, 0.3) is 43.5 Å². The quantitative estimate of drug-likeness (QED) is 0.248. The number of thiophene rings is 1. The van der Waals surface area contributed by atoms with Crippen LogP contribution in [0.4, 0.5) is 10.2 Å². The molecule has 10 nitrogen and oxygen atoms in total. The Morgan fingerprint density at radius 1 is 1.12 bits per heavy atom. The van der Waals surface area contributed by atoms with Gasteiger partial charge in [0.25, 0.3) is 0 Å². The van der Waals surface area contributed by atoms with E-state index in [0.29, 0.717) is 33.4 Å². The standard InChI is InChI=1S/C31H28FN7O3S/c1-17(39-30-26(29(33)35-16-36-30)27(37-39)18-12-19(32)14-20(40)13-18)28-25(22-4-2-3-5-23(22)31(41)42-28)24-7-6-21(43-24)15-38-10-8-34-9-11-38/h2-7,12-14,16-17,34,40H,8-11,15H2,1H3,(H2,33,35,36). The molecule has 1 unspecified atom stereocenters. The highest BCUT2D eigenvalue weighted by Gasteiger charge is 2.27. The molecule has 12 heteroatoms. The van der Waals surface area contributed by atoms with Gasteiger partial charge in [0.1, 0.15) is 41.2 Å². The molecule has 0 radical (unpaired) electrons. The number of nitrogens with one attached hydrogen (secondary N) is 1. The Kier molecular flexibility index (Phi) is 6.88. The van der Waals surface area contributed by atoms with Gasteiger partial charge >= 0.3 is 5.63 Å². The third-order valence-electron chi connectivity index (χ3n) is 7.78. The van der Waals surface area contributed by atoms with Crippen LogP contribution in [-0.4, -0.2) is 55.9 Å². The zero-order chi connectivity index (χ0) is 29.7. The Balaban J connectivity index is 1.40. The number of benzene rings is 2. The highest BCUT2D eigenvalue weighted by atomic mass is 32.1. The van der Waals surface area contributed by atoms with Crippen molar-refractivity contribution in [2.24, 2.45) is 0 Å². The molecule has 4 aromatic heterocycles. The highest BCUT2D eigenvalue weighted by Crippen LogP contribution is 2.41. The maximum atomic E-state index is 14.3. The van der Waals surface area contributed by atoms with Gasteiger partial charge < -0.3 is 20.6 Å². The van der Waals surface area contributed by atoms with Crippen molar-refractivity contribution >= 4 is 39.0 Å². The second-order valence-electron chi connectivity index (χ2n) is 10.6. The van der Waals surface area contributed by atoms with Crippen LogP contribution in [0.3, 0.4) is 0 Å². The van der Waals surface area contributed by atoms with Crippen molar-refractivity contribution in [3.8, 4) is 27.4 Å². The average molecular weight is 598 g/mol. The van der Waals surface area contributed by atoms with Gasteiger partial charge in [-0.25, -0.2) is 23.8 Å². The molecule has 43 heavy (non-hydrogen) atoms. The molecule has 1 saturated heterocycles. The molecule has 0 amide bonds. The molecule has 0 bridgehead atoms. The number of aromatic hydroxyl groups is 1. The van der Waals surface area contributed by atoms with Crippen LogP contribution in [0.2, 0.25) is 0 Å². The summed E-state index contributed by atoms with van der Waals surface area (Å²) in [6.07, 6.45) is 1.33. The fourth-order valence-electron chi connectivity index (χ4n) is 5.74. The number of phenols is 1. The molecule has 1 atom stereocenters. The van der Waals surface area contributed by atoms with Gasteiger partial charge in [-0.05, 0) is 37.3 Å². The summed E-state index contributed by atoms with van der Waals surface area (Å²) in [5.74, 6) is -0.315. The number of halogens is 1. The third-order valence-corrected chi connectivity index (χ3v) is 8.87. The van der Waals surface area contributed by atoms with Gasteiger partial charge in [-0.1, -0.05) is 18.2 Å². The Bertz CT molecular complexity index is 2030. The topological polar surface area (TPSA) is 135 Å². The largest absolute Gasteiger partial charge is 0.508 e. The van der Waals surface area contributed by atoms with Gasteiger partial charge in [0, 0.05) is 65.1 Å².